The Hall–Kier alpha value is -2.30. The second-order valence-electron chi connectivity index (χ2n) is 6.86. The molecule has 0 spiro atoms. The highest BCUT2D eigenvalue weighted by molar-refractivity contribution is 5.87. The molecule has 4 rings (SSSR count). The zero-order chi connectivity index (χ0) is 18.8. The van der Waals surface area contributed by atoms with Crippen LogP contribution in [0, 0.1) is 5.92 Å². The van der Waals surface area contributed by atoms with Gasteiger partial charge < -0.3 is 36.1 Å². The standard InChI is InChI=1S/C17H20N4O5/c1-7-11(18)10(17(7,19)16(24)25)14-12(22)13(23)15(26-14)21-6-20-8-4-2-3-5-9(8)21/h2-6,10-15,22-23H,1,18-19H2,(H,24,25). The lowest BCUT2D eigenvalue weighted by molar-refractivity contribution is -0.154. The number of para-hydroxylation sites is 2. The third-order valence-corrected chi connectivity index (χ3v) is 5.58. The van der Waals surface area contributed by atoms with Crippen LogP contribution in [0.5, 0.6) is 0 Å². The largest absolute Gasteiger partial charge is 0.480 e. The van der Waals surface area contributed by atoms with Crippen LogP contribution in [0.4, 0.5) is 0 Å². The number of hydrogen-bond donors (Lipinski definition) is 5. The van der Waals surface area contributed by atoms with Gasteiger partial charge in [0.2, 0.25) is 0 Å². The van der Waals surface area contributed by atoms with Crippen molar-refractivity contribution in [1.82, 2.24) is 9.55 Å². The van der Waals surface area contributed by atoms with Gasteiger partial charge in [0.25, 0.3) is 0 Å². The fourth-order valence-corrected chi connectivity index (χ4v) is 4.03. The van der Waals surface area contributed by atoms with Crippen LogP contribution in [0.25, 0.3) is 11.0 Å². The molecule has 1 aliphatic carbocycles. The zero-order valence-corrected chi connectivity index (χ0v) is 13.8. The minimum Gasteiger partial charge on any atom is -0.480 e. The molecule has 2 aromatic rings. The Bertz CT molecular complexity index is 898. The number of aliphatic carboxylic acids is 1. The first-order valence-corrected chi connectivity index (χ1v) is 8.18. The third kappa shape index (κ3) is 2.03. The number of benzene rings is 1. The number of nitrogens with zero attached hydrogens (tertiary/aromatic N) is 2. The first-order chi connectivity index (χ1) is 12.3. The van der Waals surface area contributed by atoms with Crippen molar-refractivity contribution in [1.29, 1.82) is 0 Å². The van der Waals surface area contributed by atoms with Crippen molar-refractivity contribution in [2.75, 3.05) is 0 Å². The maximum atomic E-state index is 11.6. The fourth-order valence-electron chi connectivity index (χ4n) is 4.03. The Kier molecular flexibility index (Phi) is 3.69. The number of fused-ring (bicyclic) bond motifs is 1. The number of aromatic nitrogens is 2. The number of carbonyl (C=O) groups is 1. The van der Waals surface area contributed by atoms with Gasteiger partial charge in [-0.25, -0.2) is 9.78 Å². The molecule has 1 aromatic heterocycles. The fraction of sp³-hybridized carbons (Fsp3) is 0.412. The second kappa shape index (κ2) is 5.60. The molecule has 1 aliphatic heterocycles. The minimum absolute atomic E-state index is 0.164. The van der Waals surface area contributed by atoms with Crippen molar-refractivity contribution in [3.63, 3.8) is 0 Å². The van der Waals surface area contributed by atoms with E-state index in [0.717, 1.165) is 0 Å². The van der Waals surface area contributed by atoms with Crippen LogP contribution in [-0.4, -0.2) is 60.7 Å². The van der Waals surface area contributed by atoms with Gasteiger partial charge in [0.1, 0.15) is 17.7 Å². The third-order valence-electron chi connectivity index (χ3n) is 5.58. The van der Waals surface area contributed by atoms with Crippen LogP contribution < -0.4 is 11.5 Å². The number of carboxylic acids is 1. The highest BCUT2D eigenvalue weighted by Crippen LogP contribution is 2.48. The number of hydrogen-bond acceptors (Lipinski definition) is 7. The van der Waals surface area contributed by atoms with E-state index in [0.29, 0.717) is 11.0 Å². The Balaban J connectivity index is 1.69. The molecule has 2 aliphatic rings. The van der Waals surface area contributed by atoms with Crippen molar-refractivity contribution in [2.24, 2.45) is 17.4 Å². The number of ether oxygens (including phenoxy) is 1. The van der Waals surface area contributed by atoms with Gasteiger partial charge >= 0.3 is 5.97 Å². The predicted molar refractivity (Wildman–Crippen MR) is 90.8 cm³/mol. The van der Waals surface area contributed by atoms with Crippen molar-refractivity contribution in [3.8, 4) is 0 Å². The van der Waals surface area contributed by atoms with E-state index in [1.165, 1.54) is 6.33 Å². The van der Waals surface area contributed by atoms with Gasteiger partial charge in [0.15, 0.2) is 6.23 Å². The van der Waals surface area contributed by atoms with Crippen LogP contribution in [0.2, 0.25) is 0 Å². The van der Waals surface area contributed by atoms with E-state index < -0.39 is 48.0 Å². The summed E-state index contributed by atoms with van der Waals surface area (Å²) in [6.45, 7) is 3.65. The molecule has 7 N–H and O–H groups in total. The highest BCUT2D eigenvalue weighted by atomic mass is 16.6. The summed E-state index contributed by atoms with van der Waals surface area (Å²) in [5.74, 6) is -2.21. The van der Waals surface area contributed by atoms with E-state index in [1.807, 2.05) is 18.2 Å². The summed E-state index contributed by atoms with van der Waals surface area (Å²) in [5, 5.41) is 30.5. The van der Waals surface area contributed by atoms with Gasteiger partial charge in [-0.3, -0.25) is 0 Å². The normalized spacial score (nSPS) is 39.9. The molecule has 138 valence electrons. The first-order valence-electron chi connectivity index (χ1n) is 8.18. The smallest absolute Gasteiger partial charge is 0.328 e. The first kappa shape index (κ1) is 17.1. The molecule has 2 heterocycles. The molecule has 7 unspecified atom stereocenters. The lowest BCUT2D eigenvalue weighted by Gasteiger charge is -2.53. The summed E-state index contributed by atoms with van der Waals surface area (Å²) in [6.07, 6.45) is -3.15. The summed E-state index contributed by atoms with van der Waals surface area (Å²) in [7, 11) is 0. The van der Waals surface area contributed by atoms with Crippen LogP contribution in [0.1, 0.15) is 6.23 Å². The SMILES string of the molecule is C=C1C(N)C(C2OC(n3cnc4ccccc43)C(O)C2O)C1(N)C(=O)O. The van der Waals surface area contributed by atoms with E-state index in [1.54, 1.807) is 10.6 Å². The molecule has 26 heavy (non-hydrogen) atoms. The number of rotatable bonds is 3. The molecule has 9 heteroatoms. The summed E-state index contributed by atoms with van der Waals surface area (Å²) < 4.78 is 7.46. The second-order valence-corrected chi connectivity index (χ2v) is 6.86. The van der Waals surface area contributed by atoms with Gasteiger partial charge in [-0.1, -0.05) is 18.7 Å². The number of nitrogens with two attached hydrogens (primary N) is 2. The Morgan fingerprint density at radius 3 is 2.69 bits per heavy atom. The number of aliphatic hydroxyl groups is 2. The Morgan fingerprint density at radius 1 is 1.31 bits per heavy atom. The zero-order valence-electron chi connectivity index (χ0n) is 13.8. The predicted octanol–water partition coefficient (Wildman–Crippen LogP) is -1.05. The molecule has 0 amide bonds. The Morgan fingerprint density at radius 2 is 2.00 bits per heavy atom. The van der Waals surface area contributed by atoms with Gasteiger partial charge in [0.05, 0.1) is 23.5 Å². The van der Waals surface area contributed by atoms with Crippen molar-refractivity contribution in [2.45, 2.75) is 36.1 Å². The quantitative estimate of drug-likeness (QED) is 0.434. The van der Waals surface area contributed by atoms with E-state index in [-0.39, 0.29) is 5.57 Å². The van der Waals surface area contributed by atoms with Crippen LogP contribution in [0.3, 0.4) is 0 Å². The molecule has 1 saturated heterocycles. The average molecular weight is 360 g/mol. The molecule has 0 radical (unpaired) electrons. The van der Waals surface area contributed by atoms with E-state index in [9.17, 15) is 20.1 Å². The highest BCUT2D eigenvalue weighted by Gasteiger charge is 2.65. The summed E-state index contributed by atoms with van der Waals surface area (Å²) in [4.78, 5) is 15.9. The van der Waals surface area contributed by atoms with E-state index >= 15 is 0 Å². The van der Waals surface area contributed by atoms with E-state index in [2.05, 4.69) is 11.6 Å². The lowest BCUT2D eigenvalue weighted by atomic mass is 9.57. The topological polar surface area (TPSA) is 157 Å². The van der Waals surface area contributed by atoms with Gasteiger partial charge in [-0.15, -0.1) is 0 Å². The monoisotopic (exact) mass is 360 g/mol. The Labute approximate surface area is 148 Å². The van der Waals surface area contributed by atoms with Crippen LogP contribution >= 0.6 is 0 Å². The van der Waals surface area contributed by atoms with Gasteiger partial charge in [-0.2, -0.15) is 0 Å². The van der Waals surface area contributed by atoms with Crippen molar-refractivity contribution < 1.29 is 24.9 Å². The molecular weight excluding hydrogens is 340 g/mol. The van der Waals surface area contributed by atoms with E-state index in [4.69, 9.17) is 16.2 Å². The maximum absolute atomic E-state index is 11.6. The molecule has 1 saturated carbocycles. The number of aliphatic hydroxyl groups excluding tert-OH is 2. The number of carboxylic acid groups (broad SMARTS) is 1. The van der Waals surface area contributed by atoms with Crippen molar-refractivity contribution >= 4 is 17.0 Å². The minimum atomic E-state index is -1.81. The van der Waals surface area contributed by atoms with Crippen LogP contribution in [-0.2, 0) is 9.53 Å². The number of imidazole rings is 1. The molecule has 7 atom stereocenters. The van der Waals surface area contributed by atoms with Gasteiger partial charge in [-0.05, 0) is 17.7 Å². The van der Waals surface area contributed by atoms with Gasteiger partial charge in [0, 0.05) is 12.0 Å². The van der Waals surface area contributed by atoms with Crippen LogP contribution in [0.15, 0.2) is 42.7 Å². The summed E-state index contributed by atoms with van der Waals surface area (Å²) >= 11 is 0. The maximum Gasteiger partial charge on any atom is 0.328 e. The molecule has 1 aromatic carbocycles. The average Bonchev–Trinajstić information content (AvgIpc) is 3.17. The van der Waals surface area contributed by atoms with Crippen molar-refractivity contribution in [3.05, 3.63) is 42.7 Å². The molecule has 0 bridgehead atoms. The molecule has 2 fully saturated rings. The lowest BCUT2D eigenvalue weighted by Crippen LogP contribution is -2.76. The molecule has 9 nitrogen and oxygen atoms in total. The summed E-state index contributed by atoms with van der Waals surface area (Å²) in [5.41, 5.74) is 11.8. The molecular formula is C17H20N4O5. The summed E-state index contributed by atoms with van der Waals surface area (Å²) in [6, 6.07) is 6.51.